The van der Waals surface area contributed by atoms with Gasteiger partial charge in [-0.2, -0.15) is 5.10 Å². The van der Waals surface area contributed by atoms with E-state index in [0.29, 0.717) is 17.8 Å². The van der Waals surface area contributed by atoms with Gasteiger partial charge in [0.05, 0.1) is 28.5 Å². The van der Waals surface area contributed by atoms with Gasteiger partial charge in [-0.25, -0.2) is 9.67 Å². The fraction of sp³-hybridized carbons (Fsp3) is 0.269. The molecule has 5 rings (SSSR count). The second kappa shape index (κ2) is 10.0. The first kappa shape index (κ1) is 22.7. The number of carbonyl (C=O) groups excluding carboxylic acids is 1. The molecular weight excluding hydrogens is 492 g/mol. The van der Waals surface area contributed by atoms with Gasteiger partial charge in [-0.15, -0.1) is 0 Å². The third-order valence-electron chi connectivity index (χ3n) is 6.24. The topological polar surface area (TPSA) is 66.3 Å². The maximum absolute atomic E-state index is 13.3. The van der Waals surface area contributed by atoms with Crippen LogP contribution in [-0.2, 0) is 0 Å². The van der Waals surface area contributed by atoms with Gasteiger partial charge in [0.25, 0.3) is 5.91 Å². The summed E-state index contributed by atoms with van der Waals surface area (Å²) in [5.41, 5.74) is 3.84. The van der Waals surface area contributed by atoms with Crippen LogP contribution in [-0.4, -0.2) is 76.8 Å². The lowest BCUT2D eigenvalue weighted by Crippen LogP contribution is -2.46. The second-order valence-electron chi connectivity index (χ2n) is 8.59. The minimum Gasteiger partial charge on any atom is -0.351 e. The molecule has 0 bridgehead atoms. The van der Waals surface area contributed by atoms with E-state index in [-0.39, 0.29) is 5.91 Å². The van der Waals surface area contributed by atoms with Crippen molar-refractivity contribution in [2.24, 2.45) is 0 Å². The first-order valence-corrected chi connectivity index (χ1v) is 12.3. The summed E-state index contributed by atoms with van der Waals surface area (Å²) in [7, 11) is 2.15. The number of carbonyl (C=O) groups is 1. The fourth-order valence-electron chi connectivity index (χ4n) is 4.21. The number of amides is 1. The predicted octanol–water partition coefficient (Wildman–Crippen LogP) is 3.83. The number of nitrogens with zero attached hydrogens (tertiary/aromatic N) is 5. The normalized spacial score (nSPS) is 15.0. The molecule has 34 heavy (non-hydrogen) atoms. The highest BCUT2D eigenvalue weighted by Gasteiger charge is 2.19. The molecule has 174 valence electrons. The number of aromatic nitrogens is 3. The van der Waals surface area contributed by atoms with Crippen LogP contribution in [0.2, 0.25) is 0 Å². The quantitative estimate of drug-likeness (QED) is 0.420. The van der Waals surface area contributed by atoms with Crippen LogP contribution in [0.15, 0.2) is 71.3 Å². The molecule has 0 saturated carbocycles. The second-order valence-corrected chi connectivity index (χ2v) is 9.51. The molecule has 2 aromatic heterocycles. The van der Waals surface area contributed by atoms with Crippen LogP contribution >= 0.6 is 15.9 Å². The molecule has 3 heterocycles. The molecule has 7 nitrogen and oxygen atoms in total. The number of pyridine rings is 1. The van der Waals surface area contributed by atoms with Crippen LogP contribution in [0.3, 0.4) is 0 Å². The van der Waals surface area contributed by atoms with Gasteiger partial charge in [-0.3, -0.25) is 9.69 Å². The Bertz CT molecular complexity index is 1280. The Morgan fingerprint density at radius 1 is 1.03 bits per heavy atom. The van der Waals surface area contributed by atoms with Crippen molar-refractivity contribution in [3.05, 3.63) is 76.9 Å². The number of hydrogen-bond acceptors (Lipinski definition) is 5. The molecule has 0 spiro atoms. The molecule has 1 aliphatic heterocycles. The summed E-state index contributed by atoms with van der Waals surface area (Å²) < 4.78 is 2.78. The number of piperazine rings is 1. The summed E-state index contributed by atoms with van der Waals surface area (Å²) in [6, 6.07) is 19.7. The van der Waals surface area contributed by atoms with Crippen molar-refractivity contribution in [1.29, 1.82) is 0 Å². The molecule has 0 radical (unpaired) electrons. The largest absolute Gasteiger partial charge is 0.351 e. The molecule has 2 aromatic carbocycles. The standard InChI is InChI=1S/C26H27BrN6O/c1-31-13-15-32(16-14-31)12-11-28-26(34)22-17-24(19-5-3-2-4-6-19)30-25-23(22)18-29-33(25)21-9-7-20(27)8-10-21/h2-10,17-18H,11-16H2,1H3,(H,28,34). The summed E-state index contributed by atoms with van der Waals surface area (Å²) in [5.74, 6) is -0.103. The number of hydrogen-bond donors (Lipinski definition) is 1. The van der Waals surface area contributed by atoms with Crippen LogP contribution in [0, 0.1) is 0 Å². The van der Waals surface area contributed by atoms with E-state index in [1.54, 1.807) is 10.9 Å². The van der Waals surface area contributed by atoms with Crippen LogP contribution in [0.4, 0.5) is 0 Å². The van der Waals surface area contributed by atoms with Gasteiger partial charge < -0.3 is 10.2 Å². The Hall–Kier alpha value is -3.07. The molecular formula is C26H27BrN6O. The highest BCUT2D eigenvalue weighted by atomic mass is 79.9. The van der Waals surface area contributed by atoms with Gasteiger partial charge in [0.15, 0.2) is 5.65 Å². The first-order valence-electron chi connectivity index (χ1n) is 11.5. The Morgan fingerprint density at radius 3 is 2.50 bits per heavy atom. The lowest BCUT2D eigenvalue weighted by molar-refractivity contribution is 0.0942. The highest BCUT2D eigenvalue weighted by molar-refractivity contribution is 9.10. The van der Waals surface area contributed by atoms with Crippen molar-refractivity contribution in [2.45, 2.75) is 0 Å². The van der Waals surface area contributed by atoms with Crippen LogP contribution in [0.25, 0.3) is 28.0 Å². The van der Waals surface area contributed by atoms with Gasteiger partial charge in [-0.1, -0.05) is 46.3 Å². The van der Waals surface area contributed by atoms with Crippen molar-refractivity contribution in [1.82, 2.24) is 29.9 Å². The molecule has 1 amide bonds. The van der Waals surface area contributed by atoms with Gasteiger partial charge in [-0.05, 0) is 37.4 Å². The van der Waals surface area contributed by atoms with Crippen molar-refractivity contribution in [3.8, 4) is 16.9 Å². The number of benzene rings is 2. The lowest BCUT2D eigenvalue weighted by atomic mass is 10.1. The molecule has 1 N–H and O–H groups in total. The number of fused-ring (bicyclic) bond motifs is 1. The minimum atomic E-state index is -0.103. The van der Waals surface area contributed by atoms with Crippen LogP contribution < -0.4 is 5.32 Å². The smallest absolute Gasteiger partial charge is 0.252 e. The Balaban J connectivity index is 1.46. The fourth-order valence-corrected chi connectivity index (χ4v) is 4.47. The van der Waals surface area contributed by atoms with E-state index < -0.39 is 0 Å². The zero-order chi connectivity index (χ0) is 23.5. The van der Waals surface area contributed by atoms with E-state index in [0.717, 1.165) is 59.5 Å². The molecule has 0 unspecified atom stereocenters. The van der Waals surface area contributed by atoms with Crippen molar-refractivity contribution in [2.75, 3.05) is 46.3 Å². The summed E-state index contributed by atoms with van der Waals surface area (Å²) in [5, 5.41) is 8.44. The molecule has 0 atom stereocenters. The summed E-state index contributed by atoms with van der Waals surface area (Å²) >= 11 is 3.48. The number of halogens is 1. The maximum Gasteiger partial charge on any atom is 0.252 e. The summed E-state index contributed by atoms with van der Waals surface area (Å²) in [6.07, 6.45) is 1.73. The van der Waals surface area contributed by atoms with Crippen molar-refractivity contribution >= 4 is 32.9 Å². The van der Waals surface area contributed by atoms with Gasteiger partial charge in [0.1, 0.15) is 0 Å². The third kappa shape index (κ3) is 4.89. The Labute approximate surface area is 207 Å². The monoisotopic (exact) mass is 518 g/mol. The molecule has 1 saturated heterocycles. The number of nitrogens with one attached hydrogen (secondary N) is 1. The third-order valence-corrected chi connectivity index (χ3v) is 6.76. The lowest BCUT2D eigenvalue weighted by Gasteiger charge is -2.32. The molecule has 0 aliphatic carbocycles. The Kier molecular flexibility index (Phi) is 6.71. The molecule has 1 aliphatic rings. The average Bonchev–Trinajstić information content (AvgIpc) is 3.29. The van der Waals surface area contributed by atoms with E-state index in [2.05, 4.69) is 43.2 Å². The van der Waals surface area contributed by atoms with Crippen molar-refractivity contribution in [3.63, 3.8) is 0 Å². The Morgan fingerprint density at radius 2 is 1.76 bits per heavy atom. The van der Waals surface area contributed by atoms with E-state index in [9.17, 15) is 4.79 Å². The predicted molar refractivity (Wildman–Crippen MR) is 138 cm³/mol. The maximum atomic E-state index is 13.3. The highest BCUT2D eigenvalue weighted by Crippen LogP contribution is 2.27. The zero-order valence-electron chi connectivity index (χ0n) is 19.1. The van der Waals surface area contributed by atoms with E-state index in [1.807, 2.05) is 60.7 Å². The van der Waals surface area contributed by atoms with E-state index in [4.69, 9.17) is 4.98 Å². The van der Waals surface area contributed by atoms with Gasteiger partial charge in [0, 0.05) is 49.3 Å². The first-order chi connectivity index (χ1) is 16.6. The van der Waals surface area contributed by atoms with Crippen LogP contribution in [0.1, 0.15) is 10.4 Å². The number of rotatable bonds is 6. The average molecular weight is 519 g/mol. The van der Waals surface area contributed by atoms with Gasteiger partial charge in [0.2, 0.25) is 0 Å². The number of likely N-dealkylation sites (N-methyl/N-ethyl adjacent to an activating group) is 1. The molecule has 4 aromatic rings. The zero-order valence-corrected chi connectivity index (χ0v) is 20.7. The minimum absolute atomic E-state index is 0.103. The summed E-state index contributed by atoms with van der Waals surface area (Å²) in [4.78, 5) is 22.9. The molecule has 8 heteroatoms. The summed E-state index contributed by atoms with van der Waals surface area (Å²) in [6.45, 7) is 5.64. The van der Waals surface area contributed by atoms with Gasteiger partial charge >= 0.3 is 0 Å². The van der Waals surface area contributed by atoms with E-state index >= 15 is 0 Å². The van der Waals surface area contributed by atoms with Crippen molar-refractivity contribution < 1.29 is 4.79 Å². The van der Waals surface area contributed by atoms with E-state index in [1.165, 1.54) is 0 Å². The molecule has 1 fully saturated rings. The van der Waals surface area contributed by atoms with Crippen LogP contribution in [0.5, 0.6) is 0 Å². The SMILES string of the molecule is CN1CCN(CCNC(=O)c2cc(-c3ccccc3)nc3c2cnn3-c2ccc(Br)cc2)CC1.